The summed E-state index contributed by atoms with van der Waals surface area (Å²) < 4.78 is 0. The molecule has 6 nitrogen and oxygen atoms in total. The zero-order valence-electron chi connectivity index (χ0n) is 9.64. The average Bonchev–Trinajstić information content (AvgIpc) is 2.15. The van der Waals surface area contributed by atoms with E-state index in [1.54, 1.807) is 0 Å². The monoisotopic (exact) mass is 232 g/mol. The van der Waals surface area contributed by atoms with Gasteiger partial charge in [0.2, 0.25) is 5.91 Å². The summed E-state index contributed by atoms with van der Waals surface area (Å²) in [5, 5.41) is 19.7. The van der Waals surface area contributed by atoms with Gasteiger partial charge in [-0.1, -0.05) is 13.8 Å². The molecule has 0 aromatic rings. The molecular formula is C10H20N2O4. The van der Waals surface area contributed by atoms with Crippen molar-refractivity contribution in [1.29, 1.82) is 0 Å². The molecule has 16 heavy (non-hydrogen) atoms. The first-order chi connectivity index (χ1) is 7.38. The van der Waals surface area contributed by atoms with Gasteiger partial charge >= 0.3 is 5.97 Å². The second-order valence-corrected chi connectivity index (χ2v) is 4.15. The second-order valence-electron chi connectivity index (χ2n) is 4.15. The van der Waals surface area contributed by atoms with Crippen LogP contribution in [0.4, 0.5) is 0 Å². The van der Waals surface area contributed by atoms with Crippen LogP contribution in [-0.2, 0) is 9.59 Å². The van der Waals surface area contributed by atoms with E-state index in [2.05, 4.69) is 5.32 Å². The number of nitrogens with one attached hydrogen (secondary N) is 1. The van der Waals surface area contributed by atoms with Crippen LogP contribution in [0.5, 0.6) is 0 Å². The van der Waals surface area contributed by atoms with Crippen LogP contribution in [0.15, 0.2) is 0 Å². The van der Waals surface area contributed by atoms with Crippen molar-refractivity contribution < 1.29 is 19.8 Å². The van der Waals surface area contributed by atoms with Crippen molar-refractivity contribution in [3.05, 3.63) is 0 Å². The Labute approximate surface area is 94.8 Å². The molecule has 0 saturated carbocycles. The van der Waals surface area contributed by atoms with Gasteiger partial charge in [-0.05, 0) is 12.3 Å². The molecule has 0 aliphatic carbocycles. The molecule has 0 fully saturated rings. The van der Waals surface area contributed by atoms with Gasteiger partial charge in [-0.15, -0.1) is 0 Å². The lowest BCUT2D eigenvalue weighted by atomic mass is 10.0. The Hall–Kier alpha value is -1.14. The van der Waals surface area contributed by atoms with Crippen LogP contribution in [0.2, 0.25) is 0 Å². The number of carboxylic acid groups (broad SMARTS) is 1. The number of aliphatic hydroxyl groups excluding tert-OH is 1. The van der Waals surface area contributed by atoms with Crippen molar-refractivity contribution in [1.82, 2.24) is 5.32 Å². The number of aliphatic hydroxyl groups is 1. The Morgan fingerprint density at radius 3 is 2.31 bits per heavy atom. The van der Waals surface area contributed by atoms with E-state index >= 15 is 0 Å². The van der Waals surface area contributed by atoms with Crippen LogP contribution in [0, 0.1) is 5.92 Å². The predicted molar refractivity (Wildman–Crippen MR) is 58.7 cm³/mol. The first kappa shape index (κ1) is 14.9. The van der Waals surface area contributed by atoms with E-state index in [4.69, 9.17) is 15.9 Å². The molecule has 0 aliphatic heterocycles. The number of carbonyl (C=O) groups excluding carboxylic acids is 1. The molecule has 0 aromatic carbocycles. The molecular weight excluding hydrogens is 212 g/mol. The van der Waals surface area contributed by atoms with E-state index < -0.39 is 24.0 Å². The fourth-order valence-electron chi connectivity index (χ4n) is 1.28. The van der Waals surface area contributed by atoms with Gasteiger partial charge in [-0.3, -0.25) is 4.79 Å². The largest absolute Gasteiger partial charge is 0.480 e. The van der Waals surface area contributed by atoms with Gasteiger partial charge in [0, 0.05) is 13.0 Å². The first-order valence-corrected chi connectivity index (χ1v) is 5.28. The normalized spacial score (nSPS) is 14.6. The van der Waals surface area contributed by atoms with Crippen molar-refractivity contribution in [3.8, 4) is 0 Å². The topological polar surface area (TPSA) is 113 Å². The summed E-state index contributed by atoms with van der Waals surface area (Å²) in [4.78, 5) is 22.2. The number of carboxylic acids is 1. The number of hydrogen-bond acceptors (Lipinski definition) is 4. The molecule has 0 aromatic heterocycles. The van der Waals surface area contributed by atoms with Crippen LogP contribution in [0.3, 0.4) is 0 Å². The Balaban J connectivity index is 4.23. The number of rotatable bonds is 7. The number of amides is 1. The van der Waals surface area contributed by atoms with Gasteiger partial charge < -0.3 is 21.3 Å². The Kier molecular flexibility index (Phi) is 6.67. The Bertz CT molecular complexity index is 243. The van der Waals surface area contributed by atoms with Crippen LogP contribution >= 0.6 is 0 Å². The molecule has 0 bridgehead atoms. The lowest BCUT2D eigenvalue weighted by molar-refractivity contribution is -0.142. The summed E-state index contributed by atoms with van der Waals surface area (Å²) in [6.45, 7) is 3.56. The molecule has 6 heteroatoms. The maximum Gasteiger partial charge on any atom is 0.326 e. The first-order valence-electron chi connectivity index (χ1n) is 5.28. The highest BCUT2D eigenvalue weighted by atomic mass is 16.4. The Morgan fingerprint density at radius 1 is 1.38 bits per heavy atom. The molecule has 0 aliphatic rings. The number of carbonyl (C=O) groups is 2. The minimum absolute atomic E-state index is 0.0184. The van der Waals surface area contributed by atoms with Crippen LogP contribution in [0.25, 0.3) is 0 Å². The zero-order chi connectivity index (χ0) is 12.7. The lowest BCUT2D eigenvalue weighted by Gasteiger charge is -2.18. The SMILES string of the molecule is CC(C)C[C@@H](N)C(=O)N[C@@H](CCO)C(=O)O. The number of aliphatic carboxylic acids is 1. The fourth-order valence-corrected chi connectivity index (χ4v) is 1.28. The van der Waals surface area contributed by atoms with E-state index in [1.165, 1.54) is 0 Å². The molecule has 0 saturated heterocycles. The minimum atomic E-state index is -1.17. The fraction of sp³-hybridized carbons (Fsp3) is 0.800. The molecule has 0 heterocycles. The third-order valence-corrected chi connectivity index (χ3v) is 2.09. The number of hydrogen-bond donors (Lipinski definition) is 4. The highest BCUT2D eigenvalue weighted by molar-refractivity contribution is 5.86. The maximum atomic E-state index is 11.5. The smallest absolute Gasteiger partial charge is 0.326 e. The summed E-state index contributed by atoms with van der Waals surface area (Å²) in [5.41, 5.74) is 5.60. The van der Waals surface area contributed by atoms with E-state index in [0.29, 0.717) is 6.42 Å². The van der Waals surface area contributed by atoms with Crippen molar-refractivity contribution in [2.24, 2.45) is 11.7 Å². The van der Waals surface area contributed by atoms with E-state index in [9.17, 15) is 9.59 Å². The van der Waals surface area contributed by atoms with E-state index in [1.807, 2.05) is 13.8 Å². The molecule has 1 amide bonds. The zero-order valence-corrected chi connectivity index (χ0v) is 9.64. The molecule has 94 valence electrons. The van der Waals surface area contributed by atoms with Crippen molar-refractivity contribution in [2.45, 2.75) is 38.8 Å². The second kappa shape index (κ2) is 7.19. The molecule has 2 atom stereocenters. The van der Waals surface area contributed by atoms with E-state index in [-0.39, 0.29) is 18.9 Å². The third kappa shape index (κ3) is 5.67. The van der Waals surface area contributed by atoms with Gasteiger partial charge in [0.15, 0.2) is 0 Å². The van der Waals surface area contributed by atoms with Crippen molar-refractivity contribution in [2.75, 3.05) is 6.61 Å². The van der Waals surface area contributed by atoms with Gasteiger partial charge in [-0.2, -0.15) is 0 Å². The van der Waals surface area contributed by atoms with Gasteiger partial charge in [0.25, 0.3) is 0 Å². The Morgan fingerprint density at radius 2 is 1.94 bits per heavy atom. The lowest BCUT2D eigenvalue weighted by Crippen LogP contribution is -2.49. The summed E-state index contributed by atoms with van der Waals surface area (Å²) in [7, 11) is 0. The predicted octanol–water partition coefficient (Wildman–Crippen LogP) is -0.688. The van der Waals surface area contributed by atoms with Gasteiger partial charge in [0.05, 0.1) is 6.04 Å². The minimum Gasteiger partial charge on any atom is -0.480 e. The van der Waals surface area contributed by atoms with Crippen LogP contribution in [-0.4, -0.2) is 40.8 Å². The number of nitrogens with two attached hydrogens (primary N) is 1. The molecule has 0 rings (SSSR count). The van der Waals surface area contributed by atoms with Crippen LogP contribution in [0.1, 0.15) is 26.7 Å². The highest BCUT2D eigenvalue weighted by Crippen LogP contribution is 2.03. The summed E-state index contributed by atoms with van der Waals surface area (Å²) in [5.74, 6) is -1.39. The summed E-state index contributed by atoms with van der Waals surface area (Å²) >= 11 is 0. The maximum absolute atomic E-state index is 11.5. The molecule has 0 radical (unpaired) electrons. The highest BCUT2D eigenvalue weighted by Gasteiger charge is 2.22. The van der Waals surface area contributed by atoms with Crippen molar-refractivity contribution >= 4 is 11.9 Å². The molecule has 5 N–H and O–H groups in total. The molecule has 0 spiro atoms. The van der Waals surface area contributed by atoms with Crippen molar-refractivity contribution in [3.63, 3.8) is 0 Å². The average molecular weight is 232 g/mol. The van der Waals surface area contributed by atoms with Crippen LogP contribution < -0.4 is 11.1 Å². The quantitative estimate of drug-likeness (QED) is 0.464. The third-order valence-electron chi connectivity index (χ3n) is 2.09. The molecule has 0 unspecified atom stereocenters. The van der Waals surface area contributed by atoms with Gasteiger partial charge in [-0.25, -0.2) is 4.79 Å². The summed E-state index contributed by atoms with van der Waals surface area (Å²) in [6, 6.07) is -1.78. The van der Waals surface area contributed by atoms with Gasteiger partial charge in [0.1, 0.15) is 6.04 Å². The standard InChI is InChI=1S/C10H20N2O4/c1-6(2)5-7(11)9(14)12-8(3-4-13)10(15)16/h6-8,13H,3-5,11H2,1-2H3,(H,12,14)(H,15,16)/t7-,8+/m1/s1. The summed E-state index contributed by atoms with van der Waals surface area (Å²) in [6.07, 6.45) is 0.479. The van der Waals surface area contributed by atoms with E-state index in [0.717, 1.165) is 0 Å².